The molecule has 444 valence electrons. The van der Waals surface area contributed by atoms with Crippen molar-refractivity contribution in [2.24, 2.45) is 0 Å². The van der Waals surface area contributed by atoms with Crippen molar-refractivity contribution in [3.63, 3.8) is 0 Å². The van der Waals surface area contributed by atoms with E-state index in [4.69, 9.17) is 9.05 Å². The highest BCUT2D eigenvalue weighted by atomic mass is 31.2. The monoisotopic (exact) mass is 1080 g/mol. The number of phosphoric acid groups is 1. The molecule has 0 radical (unpaired) electrons. The standard InChI is InChI=1S/C66H129N2O6P/c1-6-8-10-12-14-16-18-20-22-24-26-28-30-32-34-36-38-40-42-44-46-48-50-52-54-56-58-60-66(70)67-64(63-74-75(71,72)73-62-61-68(3,4)5)65(69)59-57-55-53-51-49-47-45-43-41-39-37-35-33-31-29-27-25-23-21-19-17-15-13-11-9-7-2/h18,20,24,26,30,32,64-65,69H,6-17,19,21-23,25,27-29,31,33-63H2,1-5H3,(H-,67,70,71,72)/b20-18-,26-24-,32-30-. The zero-order valence-electron chi connectivity index (χ0n) is 50.8. The van der Waals surface area contributed by atoms with Crippen molar-refractivity contribution in [1.29, 1.82) is 0 Å². The number of carbonyl (C=O) groups is 1. The fraction of sp³-hybridized carbons (Fsp3) is 0.894. The van der Waals surface area contributed by atoms with E-state index >= 15 is 0 Å². The first-order chi connectivity index (χ1) is 36.5. The lowest BCUT2D eigenvalue weighted by molar-refractivity contribution is -0.870. The van der Waals surface area contributed by atoms with Gasteiger partial charge in [0.15, 0.2) is 0 Å². The van der Waals surface area contributed by atoms with Crippen LogP contribution < -0.4 is 10.2 Å². The number of allylic oxidation sites excluding steroid dienone is 6. The quantitative estimate of drug-likeness (QED) is 0.0272. The van der Waals surface area contributed by atoms with Crippen molar-refractivity contribution < 1.29 is 32.9 Å². The van der Waals surface area contributed by atoms with Crippen LogP contribution >= 0.6 is 7.82 Å². The number of quaternary nitrogens is 1. The smallest absolute Gasteiger partial charge is 0.268 e. The van der Waals surface area contributed by atoms with Gasteiger partial charge < -0.3 is 28.8 Å². The number of carbonyl (C=O) groups excluding carboxylic acids is 1. The van der Waals surface area contributed by atoms with Crippen molar-refractivity contribution in [2.45, 2.75) is 341 Å². The molecule has 0 aliphatic carbocycles. The normalized spacial score (nSPS) is 14.0. The van der Waals surface area contributed by atoms with Gasteiger partial charge in [-0.25, -0.2) is 0 Å². The fourth-order valence-corrected chi connectivity index (χ4v) is 10.7. The molecule has 0 spiro atoms. The van der Waals surface area contributed by atoms with Crippen LogP contribution in [-0.4, -0.2) is 68.5 Å². The summed E-state index contributed by atoms with van der Waals surface area (Å²) in [6, 6.07) is -0.803. The summed E-state index contributed by atoms with van der Waals surface area (Å²) in [7, 11) is 1.31. The van der Waals surface area contributed by atoms with E-state index in [2.05, 4.69) is 55.6 Å². The van der Waals surface area contributed by atoms with E-state index in [-0.39, 0.29) is 19.1 Å². The zero-order chi connectivity index (χ0) is 54.9. The lowest BCUT2D eigenvalue weighted by atomic mass is 10.0. The SMILES string of the molecule is CCCCCCC/C=C\C/C=C\C/C=C\CCCCCCCCCCCCCCC(=O)NC(COP(=O)([O-])OCC[N+](C)(C)C)C(O)CCCCCCCCCCCCCCCCCCCCCCCCCCCC. The number of nitrogens with zero attached hydrogens (tertiary/aromatic N) is 1. The van der Waals surface area contributed by atoms with E-state index in [1.54, 1.807) is 0 Å². The van der Waals surface area contributed by atoms with E-state index in [0.717, 1.165) is 51.4 Å². The Morgan fingerprint density at radius 1 is 0.467 bits per heavy atom. The lowest BCUT2D eigenvalue weighted by Crippen LogP contribution is -2.46. The van der Waals surface area contributed by atoms with Gasteiger partial charge in [0.05, 0.1) is 39.9 Å². The summed E-state index contributed by atoms with van der Waals surface area (Å²) in [5, 5.41) is 14.1. The molecule has 1 amide bonds. The molecule has 3 atom stereocenters. The maximum atomic E-state index is 13.0. The average molecular weight is 1080 g/mol. The largest absolute Gasteiger partial charge is 0.756 e. The van der Waals surface area contributed by atoms with Gasteiger partial charge in [0.1, 0.15) is 13.2 Å². The third kappa shape index (κ3) is 60.2. The molecule has 0 saturated heterocycles. The molecule has 0 fully saturated rings. The Balaban J connectivity index is 4.08. The second-order valence-electron chi connectivity index (χ2n) is 23.8. The molecule has 75 heavy (non-hydrogen) atoms. The van der Waals surface area contributed by atoms with Gasteiger partial charge >= 0.3 is 0 Å². The molecular formula is C66H129N2O6P. The fourth-order valence-electron chi connectivity index (χ4n) is 9.99. The number of aliphatic hydroxyl groups excluding tert-OH is 1. The van der Waals surface area contributed by atoms with Crippen molar-refractivity contribution >= 4 is 13.7 Å². The molecule has 0 aromatic carbocycles. The summed E-state index contributed by atoms with van der Waals surface area (Å²) < 4.78 is 23.5. The zero-order valence-corrected chi connectivity index (χ0v) is 51.7. The first-order valence-electron chi connectivity index (χ1n) is 32.8. The number of likely N-dealkylation sites (N-methyl/N-ethyl adjacent to an activating group) is 1. The first kappa shape index (κ1) is 73.7. The third-order valence-corrected chi connectivity index (χ3v) is 16.1. The van der Waals surface area contributed by atoms with Crippen LogP contribution in [0.4, 0.5) is 0 Å². The summed E-state index contributed by atoms with van der Waals surface area (Å²) in [6.07, 6.45) is 74.8. The molecule has 9 heteroatoms. The Bertz CT molecular complexity index is 1320. The van der Waals surface area contributed by atoms with Crippen molar-refractivity contribution in [3.05, 3.63) is 36.5 Å². The highest BCUT2D eigenvalue weighted by molar-refractivity contribution is 7.45. The van der Waals surface area contributed by atoms with E-state index in [9.17, 15) is 19.4 Å². The molecule has 0 aromatic heterocycles. The van der Waals surface area contributed by atoms with Gasteiger partial charge in [-0.2, -0.15) is 0 Å². The number of unbranched alkanes of at least 4 members (excludes halogenated alkanes) is 42. The molecule has 0 aliphatic rings. The maximum absolute atomic E-state index is 13.0. The number of nitrogens with one attached hydrogen (secondary N) is 1. The van der Waals surface area contributed by atoms with Crippen LogP contribution in [0.2, 0.25) is 0 Å². The molecule has 0 aliphatic heterocycles. The topological polar surface area (TPSA) is 108 Å². The van der Waals surface area contributed by atoms with Crippen LogP contribution in [0.5, 0.6) is 0 Å². The van der Waals surface area contributed by atoms with E-state index in [1.165, 1.54) is 250 Å². The van der Waals surface area contributed by atoms with Gasteiger partial charge in [0.2, 0.25) is 5.91 Å². The van der Waals surface area contributed by atoms with Crippen LogP contribution in [0.15, 0.2) is 36.5 Å². The molecule has 0 aromatic rings. The maximum Gasteiger partial charge on any atom is 0.268 e. The number of rotatable bonds is 61. The van der Waals surface area contributed by atoms with Crippen molar-refractivity contribution in [3.8, 4) is 0 Å². The first-order valence-corrected chi connectivity index (χ1v) is 34.3. The Kier molecular flexibility index (Phi) is 56.4. The Morgan fingerprint density at radius 2 is 0.773 bits per heavy atom. The molecule has 0 rings (SSSR count). The molecule has 8 nitrogen and oxygen atoms in total. The van der Waals surface area contributed by atoms with Crippen LogP contribution in [0, 0.1) is 0 Å². The molecule has 0 saturated carbocycles. The average Bonchev–Trinajstić information content (AvgIpc) is 3.37. The minimum atomic E-state index is -4.58. The van der Waals surface area contributed by atoms with Crippen molar-refractivity contribution in [2.75, 3.05) is 40.9 Å². The van der Waals surface area contributed by atoms with Gasteiger partial charge in [-0.1, -0.05) is 307 Å². The highest BCUT2D eigenvalue weighted by Crippen LogP contribution is 2.38. The number of aliphatic hydroxyl groups is 1. The Labute approximate surface area is 467 Å². The van der Waals surface area contributed by atoms with Gasteiger partial charge in [-0.3, -0.25) is 9.36 Å². The van der Waals surface area contributed by atoms with Gasteiger partial charge in [0.25, 0.3) is 7.82 Å². The molecule has 2 N–H and O–H groups in total. The summed E-state index contributed by atoms with van der Waals surface area (Å²) >= 11 is 0. The predicted octanol–water partition coefficient (Wildman–Crippen LogP) is 19.9. The van der Waals surface area contributed by atoms with Gasteiger partial charge in [-0.05, 0) is 51.4 Å². The second kappa shape index (κ2) is 57.4. The van der Waals surface area contributed by atoms with Crippen LogP contribution in [-0.2, 0) is 18.4 Å². The summed E-state index contributed by atoms with van der Waals surface area (Å²) in [5.41, 5.74) is 0. The number of hydrogen-bond acceptors (Lipinski definition) is 6. The highest BCUT2D eigenvalue weighted by Gasteiger charge is 2.24. The molecule has 0 bridgehead atoms. The molecular weight excluding hydrogens is 948 g/mol. The summed E-state index contributed by atoms with van der Waals surface area (Å²) in [6.45, 7) is 4.76. The predicted molar refractivity (Wildman–Crippen MR) is 325 cm³/mol. The number of phosphoric ester groups is 1. The van der Waals surface area contributed by atoms with E-state index in [0.29, 0.717) is 23.9 Å². The molecule has 0 heterocycles. The second-order valence-corrected chi connectivity index (χ2v) is 25.2. The minimum absolute atomic E-state index is 0.0126. The lowest BCUT2D eigenvalue weighted by Gasteiger charge is -2.30. The Morgan fingerprint density at radius 3 is 1.12 bits per heavy atom. The number of hydrogen-bond donors (Lipinski definition) is 2. The van der Waals surface area contributed by atoms with E-state index in [1.807, 2.05) is 21.1 Å². The van der Waals surface area contributed by atoms with Crippen LogP contribution in [0.3, 0.4) is 0 Å². The Hall–Kier alpha value is -1.28. The van der Waals surface area contributed by atoms with Crippen LogP contribution in [0.25, 0.3) is 0 Å². The van der Waals surface area contributed by atoms with Gasteiger partial charge in [0, 0.05) is 6.42 Å². The summed E-state index contributed by atoms with van der Waals surface area (Å²) in [5.74, 6) is -0.162. The third-order valence-electron chi connectivity index (χ3n) is 15.1. The summed E-state index contributed by atoms with van der Waals surface area (Å²) in [4.78, 5) is 25.6. The molecule has 3 unspecified atom stereocenters. The van der Waals surface area contributed by atoms with Gasteiger partial charge in [-0.15, -0.1) is 0 Å². The van der Waals surface area contributed by atoms with Crippen LogP contribution in [0.1, 0.15) is 328 Å². The number of amides is 1. The van der Waals surface area contributed by atoms with Crippen molar-refractivity contribution in [1.82, 2.24) is 5.32 Å². The minimum Gasteiger partial charge on any atom is -0.756 e. The van der Waals surface area contributed by atoms with E-state index < -0.39 is 20.0 Å².